The molecule has 1 aliphatic rings. The van der Waals surface area contributed by atoms with Gasteiger partial charge in [-0.2, -0.15) is 22.5 Å². The molecule has 0 spiro atoms. The normalized spacial score (nSPS) is 16.6. The molecule has 1 fully saturated rings. The highest BCUT2D eigenvalue weighted by Crippen LogP contribution is 2.35. The van der Waals surface area contributed by atoms with Crippen LogP contribution in [0.4, 0.5) is 13.2 Å². The molecule has 0 radical (unpaired) electrons. The minimum absolute atomic E-state index is 0.0551. The quantitative estimate of drug-likeness (QED) is 0.433. The van der Waals surface area contributed by atoms with E-state index in [1.54, 1.807) is 13.0 Å². The minimum Gasteiger partial charge on any atom is -0.338 e. The Morgan fingerprint density at radius 3 is 2.55 bits per heavy atom. The van der Waals surface area contributed by atoms with E-state index in [2.05, 4.69) is 15.1 Å². The number of alkyl halides is 3. The summed E-state index contributed by atoms with van der Waals surface area (Å²) in [4.78, 5) is 8.62. The number of sulfonamides is 1. The Bertz CT molecular complexity index is 1210. The van der Waals surface area contributed by atoms with Gasteiger partial charge in [-0.3, -0.25) is 0 Å². The number of aromatic nitrogens is 3. The first-order chi connectivity index (χ1) is 15.6. The third-order valence-corrected chi connectivity index (χ3v) is 8.12. The van der Waals surface area contributed by atoms with Crippen LogP contribution >= 0.6 is 11.8 Å². The van der Waals surface area contributed by atoms with Crippen LogP contribution in [-0.4, -0.2) is 40.9 Å². The highest BCUT2D eigenvalue weighted by molar-refractivity contribution is 7.99. The van der Waals surface area contributed by atoms with E-state index in [1.165, 1.54) is 40.5 Å². The second-order valence-electron chi connectivity index (χ2n) is 7.59. The van der Waals surface area contributed by atoms with E-state index in [9.17, 15) is 21.6 Å². The predicted molar refractivity (Wildman–Crippen MR) is 116 cm³/mol. The average Bonchev–Trinajstić information content (AvgIpc) is 3.30. The summed E-state index contributed by atoms with van der Waals surface area (Å²) in [6, 6.07) is 7.84. The third-order valence-electron chi connectivity index (χ3n) is 5.20. The van der Waals surface area contributed by atoms with E-state index >= 15 is 0 Å². The zero-order valence-electron chi connectivity index (χ0n) is 17.6. The Balaban J connectivity index is 1.45. The van der Waals surface area contributed by atoms with Crippen molar-refractivity contribution in [3.63, 3.8) is 0 Å². The van der Waals surface area contributed by atoms with Gasteiger partial charge in [-0.25, -0.2) is 13.4 Å². The van der Waals surface area contributed by atoms with Gasteiger partial charge in [0.15, 0.2) is 0 Å². The van der Waals surface area contributed by atoms with Gasteiger partial charge < -0.3 is 4.52 Å². The van der Waals surface area contributed by atoms with E-state index in [-0.39, 0.29) is 27.4 Å². The van der Waals surface area contributed by atoms with E-state index < -0.39 is 21.8 Å². The second-order valence-corrected chi connectivity index (χ2v) is 10.9. The number of thioether (sulfide) groups is 1. The largest absolute Gasteiger partial charge is 0.416 e. The highest BCUT2D eigenvalue weighted by atomic mass is 32.2. The zero-order chi connectivity index (χ0) is 23.6. The molecule has 0 saturated carbocycles. The molecule has 3 aromatic rings. The molecular weight excluding hydrogens is 477 g/mol. The highest BCUT2D eigenvalue weighted by Gasteiger charge is 2.31. The zero-order valence-corrected chi connectivity index (χ0v) is 19.3. The van der Waals surface area contributed by atoms with E-state index in [0.717, 1.165) is 31.4 Å². The van der Waals surface area contributed by atoms with Crippen molar-refractivity contribution < 1.29 is 26.1 Å². The van der Waals surface area contributed by atoms with Crippen molar-refractivity contribution in [2.45, 2.75) is 47.5 Å². The lowest BCUT2D eigenvalue weighted by atomic mass is 10.1. The summed E-state index contributed by atoms with van der Waals surface area (Å²) >= 11 is 1.27. The van der Waals surface area contributed by atoms with Gasteiger partial charge in [0.25, 0.3) is 0 Å². The van der Waals surface area contributed by atoms with Crippen LogP contribution < -0.4 is 0 Å². The molecule has 2 aromatic heterocycles. The number of hydrogen-bond acceptors (Lipinski definition) is 7. The second kappa shape index (κ2) is 9.43. The van der Waals surface area contributed by atoms with Crippen LogP contribution in [-0.2, 0) is 16.2 Å². The van der Waals surface area contributed by atoms with Crippen LogP contribution in [0.15, 0.2) is 57.0 Å². The number of nitrogens with zero attached hydrogens (tertiary/aromatic N) is 4. The van der Waals surface area contributed by atoms with Crippen molar-refractivity contribution >= 4 is 21.8 Å². The van der Waals surface area contributed by atoms with Crippen LogP contribution in [0, 0.1) is 0 Å². The first kappa shape index (κ1) is 23.7. The topological polar surface area (TPSA) is 89.2 Å². The molecule has 4 rings (SSSR count). The van der Waals surface area contributed by atoms with Crippen molar-refractivity contribution in [2.24, 2.45) is 0 Å². The van der Waals surface area contributed by atoms with E-state index in [4.69, 9.17) is 4.52 Å². The lowest BCUT2D eigenvalue weighted by Gasteiger charge is -2.25. The molecule has 1 unspecified atom stereocenters. The Morgan fingerprint density at radius 1 is 1.12 bits per heavy atom. The maximum Gasteiger partial charge on any atom is 0.416 e. The number of benzene rings is 1. The minimum atomic E-state index is -4.47. The molecule has 0 amide bonds. The fourth-order valence-electron chi connectivity index (χ4n) is 3.43. The van der Waals surface area contributed by atoms with Gasteiger partial charge in [0.05, 0.1) is 15.8 Å². The van der Waals surface area contributed by atoms with Crippen molar-refractivity contribution in [1.29, 1.82) is 0 Å². The van der Waals surface area contributed by atoms with Gasteiger partial charge in [-0.05, 0) is 44.0 Å². The average molecular weight is 499 g/mol. The number of piperidine rings is 1. The fourth-order valence-corrected chi connectivity index (χ4v) is 5.71. The maximum absolute atomic E-state index is 13.0. The standard InChI is InChI=1S/C21H21F3N4O3S2/c1-14(20-26-19(27-31-20)15-6-5-7-16(12-15)21(22,23)24)32-18-9-8-17(13-25-18)33(29,30)28-10-3-2-4-11-28/h5-9,12-14H,2-4,10-11H2,1H3. The monoisotopic (exact) mass is 498 g/mol. The van der Waals surface area contributed by atoms with Crippen molar-refractivity contribution in [3.05, 3.63) is 54.0 Å². The summed E-state index contributed by atoms with van der Waals surface area (Å²) in [5.41, 5.74) is -0.597. The lowest BCUT2D eigenvalue weighted by Crippen LogP contribution is -2.35. The Morgan fingerprint density at radius 2 is 1.88 bits per heavy atom. The van der Waals surface area contributed by atoms with Crippen molar-refractivity contribution in [3.8, 4) is 11.4 Å². The first-order valence-electron chi connectivity index (χ1n) is 10.3. The third kappa shape index (κ3) is 5.39. The van der Waals surface area contributed by atoms with Crippen molar-refractivity contribution in [2.75, 3.05) is 13.1 Å². The molecule has 1 aromatic carbocycles. The molecular formula is C21H21F3N4O3S2. The predicted octanol–water partition coefficient (Wildman–Crippen LogP) is 5.18. The molecule has 7 nitrogen and oxygen atoms in total. The number of halogens is 3. The molecule has 0 aliphatic carbocycles. The molecule has 1 saturated heterocycles. The number of hydrogen-bond donors (Lipinski definition) is 0. The molecule has 0 N–H and O–H groups in total. The summed E-state index contributed by atoms with van der Waals surface area (Å²) < 4.78 is 71.1. The molecule has 1 aliphatic heterocycles. The van der Waals surface area contributed by atoms with Gasteiger partial charge in [0, 0.05) is 24.8 Å². The first-order valence-corrected chi connectivity index (χ1v) is 12.6. The number of rotatable bonds is 6. The fraction of sp³-hybridized carbons (Fsp3) is 0.381. The lowest BCUT2D eigenvalue weighted by molar-refractivity contribution is -0.137. The molecule has 12 heteroatoms. The number of pyridine rings is 1. The Hall–Kier alpha value is -2.44. The molecule has 0 bridgehead atoms. The molecule has 1 atom stereocenters. The molecule has 33 heavy (non-hydrogen) atoms. The van der Waals surface area contributed by atoms with Gasteiger partial charge in [0.2, 0.25) is 21.7 Å². The Labute approximate surface area is 193 Å². The van der Waals surface area contributed by atoms with Gasteiger partial charge in [-0.1, -0.05) is 35.5 Å². The molecule has 176 valence electrons. The van der Waals surface area contributed by atoms with Crippen LogP contribution in [0.5, 0.6) is 0 Å². The van der Waals surface area contributed by atoms with E-state index in [1.807, 2.05) is 0 Å². The van der Waals surface area contributed by atoms with Crippen LogP contribution in [0.3, 0.4) is 0 Å². The summed E-state index contributed by atoms with van der Waals surface area (Å²) in [6.07, 6.45) is -0.398. The van der Waals surface area contributed by atoms with Gasteiger partial charge in [0.1, 0.15) is 4.90 Å². The van der Waals surface area contributed by atoms with Crippen LogP contribution in [0.2, 0.25) is 0 Å². The van der Waals surface area contributed by atoms with Gasteiger partial charge >= 0.3 is 6.18 Å². The maximum atomic E-state index is 13.0. The summed E-state index contributed by atoms with van der Waals surface area (Å²) in [5, 5.41) is 4.00. The summed E-state index contributed by atoms with van der Waals surface area (Å²) in [5.74, 6) is 0.277. The van der Waals surface area contributed by atoms with Crippen molar-refractivity contribution in [1.82, 2.24) is 19.4 Å². The summed E-state index contributed by atoms with van der Waals surface area (Å²) in [6.45, 7) is 2.82. The van der Waals surface area contributed by atoms with Gasteiger partial charge in [-0.15, -0.1) is 0 Å². The van der Waals surface area contributed by atoms with Crippen LogP contribution in [0.1, 0.15) is 42.9 Å². The Kier molecular flexibility index (Phi) is 6.78. The molecule has 3 heterocycles. The van der Waals surface area contributed by atoms with E-state index in [0.29, 0.717) is 18.1 Å². The van der Waals surface area contributed by atoms with Crippen LogP contribution in [0.25, 0.3) is 11.4 Å². The smallest absolute Gasteiger partial charge is 0.338 e. The summed E-state index contributed by atoms with van der Waals surface area (Å²) in [7, 11) is -3.56. The SMILES string of the molecule is CC(Sc1ccc(S(=O)(=O)N2CCCCC2)cn1)c1nc(-c2cccc(C(F)(F)F)c2)no1.